The van der Waals surface area contributed by atoms with Crippen molar-refractivity contribution in [3.8, 4) is 5.75 Å². The molecule has 1 saturated carbocycles. The summed E-state index contributed by atoms with van der Waals surface area (Å²) in [7, 11) is 1.60. The van der Waals surface area contributed by atoms with Gasteiger partial charge >= 0.3 is 0 Å². The Morgan fingerprint density at radius 2 is 2.00 bits per heavy atom. The Morgan fingerprint density at radius 3 is 2.68 bits per heavy atom. The fourth-order valence-corrected chi connectivity index (χ4v) is 3.32. The molecule has 3 aromatic rings. The molecule has 0 bridgehead atoms. The van der Waals surface area contributed by atoms with E-state index < -0.39 is 16.8 Å². The Bertz CT molecular complexity index is 1090. The third kappa shape index (κ3) is 3.21. The zero-order valence-electron chi connectivity index (χ0n) is 15.3. The zero-order chi connectivity index (χ0) is 19.7. The molecule has 28 heavy (non-hydrogen) atoms. The van der Waals surface area contributed by atoms with Crippen LogP contribution in [0.2, 0.25) is 0 Å². The predicted octanol–water partition coefficient (Wildman–Crippen LogP) is 1.79. The Kier molecular flexibility index (Phi) is 4.54. The van der Waals surface area contributed by atoms with Crippen molar-refractivity contribution in [3.05, 3.63) is 64.2 Å². The second-order valence-electron chi connectivity index (χ2n) is 6.85. The second-order valence-corrected chi connectivity index (χ2v) is 6.85. The summed E-state index contributed by atoms with van der Waals surface area (Å²) >= 11 is 0. The van der Waals surface area contributed by atoms with E-state index in [0.29, 0.717) is 5.52 Å². The summed E-state index contributed by atoms with van der Waals surface area (Å²) in [5, 5.41) is 10.8. The minimum Gasteiger partial charge on any atom is -0.497 e. The van der Waals surface area contributed by atoms with Crippen molar-refractivity contribution < 1.29 is 13.9 Å². The highest BCUT2D eigenvalue weighted by Crippen LogP contribution is 2.48. The molecule has 0 saturated heterocycles. The van der Waals surface area contributed by atoms with Gasteiger partial charge in [0.05, 0.1) is 24.5 Å². The quantitative estimate of drug-likeness (QED) is 0.702. The molecule has 1 aliphatic rings. The molecular formula is C20H19FN4O3. The third-order valence-electron chi connectivity index (χ3n) is 5.12. The molecule has 144 valence electrons. The average Bonchev–Trinajstić information content (AvgIpc) is 3.52. The lowest BCUT2D eigenvalue weighted by Gasteiger charge is -2.16. The zero-order valence-corrected chi connectivity index (χ0v) is 15.3. The number of fused-ring (bicyclic) bond motifs is 1. The number of benzene rings is 2. The fourth-order valence-electron chi connectivity index (χ4n) is 3.32. The van der Waals surface area contributed by atoms with E-state index in [0.717, 1.165) is 34.9 Å². The first kappa shape index (κ1) is 18.1. The first-order valence-electron chi connectivity index (χ1n) is 8.99. The molecule has 0 radical (unpaired) electrons. The van der Waals surface area contributed by atoms with Crippen molar-refractivity contribution in [2.24, 2.45) is 0 Å². The first-order chi connectivity index (χ1) is 13.5. The maximum atomic E-state index is 13.4. The highest BCUT2D eigenvalue weighted by atomic mass is 19.1. The molecule has 0 unspecified atom stereocenters. The van der Waals surface area contributed by atoms with E-state index in [-0.39, 0.29) is 24.4 Å². The van der Waals surface area contributed by atoms with E-state index in [2.05, 4.69) is 15.6 Å². The van der Waals surface area contributed by atoms with Crippen LogP contribution in [0.1, 0.15) is 18.4 Å². The number of methoxy groups -OCH3 is 1. The number of nitrogens with zero attached hydrogens (tertiary/aromatic N) is 3. The van der Waals surface area contributed by atoms with Crippen molar-refractivity contribution >= 4 is 16.8 Å². The summed E-state index contributed by atoms with van der Waals surface area (Å²) in [6, 6.07) is 11.3. The van der Waals surface area contributed by atoms with E-state index >= 15 is 0 Å². The van der Waals surface area contributed by atoms with Gasteiger partial charge in [0.15, 0.2) is 0 Å². The highest BCUT2D eigenvalue weighted by Gasteiger charge is 2.51. The Morgan fingerprint density at radius 1 is 1.25 bits per heavy atom. The summed E-state index contributed by atoms with van der Waals surface area (Å²) in [5.41, 5.74) is 0.331. The summed E-state index contributed by atoms with van der Waals surface area (Å²) in [6.07, 6.45) is 1.56. The molecule has 4 rings (SSSR count). The number of carbonyl (C=O) groups is 1. The van der Waals surface area contributed by atoms with Gasteiger partial charge in [0.25, 0.3) is 5.56 Å². The molecule has 1 aromatic heterocycles. The number of nitrogens with one attached hydrogen (secondary N) is 1. The predicted molar refractivity (Wildman–Crippen MR) is 101 cm³/mol. The summed E-state index contributed by atoms with van der Waals surface area (Å²) in [4.78, 5) is 25.1. The van der Waals surface area contributed by atoms with Gasteiger partial charge in [-0.05, 0) is 48.7 Å². The molecule has 0 atom stereocenters. The first-order valence-corrected chi connectivity index (χ1v) is 8.99. The van der Waals surface area contributed by atoms with E-state index in [1.165, 1.54) is 12.1 Å². The van der Waals surface area contributed by atoms with E-state index in [4.69, 9.17) is 4.74 Å². The topological polar surface area (TPSA) is 86.1 Å². The maximum Gasteiger partial charge on any atom is 0.277 e. The molecule has 0 spiro atoms. The molecular weight excluding hydrogens is 363 g/mol. The third-order valence-corrected chi connectivity index (χ3v) is 5.12. The van der Waals surface area contributed by atoms with Gasteiger partial charge in [-0.1, -0.05) is 17.3 Å². The molecule has 1 heterocycles. The molecule has 2 aromatic carbocycles. The number of amides is 1. The minimum atomic E-state index is -0.518. The van der Waals surface area contributed by atoms with Crippen LogP contribution >= 0.6 is 0 Å². The van der Waals surface area contributed by atoms with E-state index in [1.807, 2.05) is 24.3 Å². The van der Waals surface area contributed by atoms with Crippen LogP contribution in [0.4, 0.5) is 4.39 Å². The molecule has 1 fully saturated rings. The molecule has 1 N–H and O–H groups in total. The monoisotopic (exact) mass is 382 g/mol. The van der Waals surface area contributed by atoms with Crippen LogP contribution in [0.5, 0.6) is 5.75 Å². The van der Waals surface area contributed by atoms with Gasteiger partial charge in [-0.2, -0.15) is 0 Å². The van der Waals surface area contributed by atoms with Crippen molar-refractivity contribution in [3.63, 3.8) is 0 Å². The van der Waals surface area contributed by atoms with Crippen molar-refractivity contribution in [2.75, 3.05) is 13.7 Å². The van der Waals surface area contributed by atoms with Gasteiger partial charge in [0.1, 0.15) is 17.1 Å². The van der Waals surface area contributed by atoms with Crippen LogP contribution in [0, 0.1) is 5.82 Å². The SMILES string of the molecule is COc1ccc(C2(C(=O)NCCn3nnc4ccc(F)cc4c3=O)CC2)cc1. The minimum absolute atomic E-state index is 0.0782. The molecule has 7 nitrogen and oxygen atoms in total. The molecule has 0 aliphatic heterocycles. The number of aromatic nitrogens is 3. The van der Waals surface area contributed by atoms with Gasteiger partial charge < -0.3 is 10.1 Å². The van der Waals surface area contributed by atoms with Crippen LogP contribution in [0.3, 0.4) is 0 Å². The lowest BCUT2D eigenvalue weighted by molar-refractivity contribution is -0.123. The van der Waals surface area contributed by atoms with Crippen LogP contribution in [0.25, 0.3) is 10.9 Å². The number of halogens is 1. The highest BCUT2D eigenvalue weighted by molar-refractivity contribution is 5.91. The normalized spacial score (nSPS) is 14.6. The standard InChI is InChI=1S/C20H19FN4O3/c1-28-15-5-2-13(3-6-15)20(8-9-20)19(27)22-10-11-25-18(26)16-12-14(21)4-7-17(16)23-24-25/h2-7,12H,8-11H2,1H3,(H,22,27). The van der Waals surface area contributed by atoms with Crippen LogP contribution in [-0.2, 0) is 16.8 Å². The number of hydrogen-bond donors (Lipinski definition) is 1. The van der Waals surface area contributed by atoms with Crippen LogP contribution in [0.15, 0.2) is 47.3 Å². The van der Waals surface area contributed by atoms with E-state index in [9.17, 15) is 14.0 Å². The number of hydrogen-bond acceptors (Lipinski definition) is 5. The maximum absolute atomic E-state index is 13.4. The Balaban J connectivity index is 1.43. The van der Waals surface area contributed by atoms with Crippen molar-refractivity contribution in [1.82, 2.24) is 20.3 Å². The average molecular weight is 382 g/mol. The van der Waals surface area contributed by atoms with Gasteiger partial charge in [-0.25, -0.2) is 9.07 Å². The van der Waals surface area contributed by atoms with Gasteiger partial charge in [-0.15, -0.1) is 5.10 Å². The van der Waals surface area contributed by atoms with Gasteiger partial charge in [0.2, 0.25) is 5.91 Å². The summed E-state index contributed by atoms with van der Waals surface area (Å²) in [6.45, 7) is 0.384. The van der Waals surface area contributed by atoms with Gasteiger partial charge in [-0.3, -0.25) is 9.59 Å². The molecule has 1 aliphatic carbocycles. The number of ether oxygens (including phenoxy) is 1. The Hall–Kier alpha value is -3.29. The Labute approximate surface area is 160 Å². The van der Waals surface area contributed by atoms with Crippen molar-refractivity contribution in [1.29, 1.82) is 0 Å². The van der Waals surface area contributed by atoms with Crippen LogP contribution < -0.4 is 15.6 Å². The van der Waals surface area contributed by atoms with E-state index in [1.54, 1.807) is 7.11 Å². The summed E-state index contributed by atoms with van der Waals surface area (Å²) < 4.78 is 19.7. The lowest BCUT2D eigenvalue weighted by Crippen LogP contribution is -2.38. The smallest absolute Gasteiger partial charge is 0.277 e. The largest absolute Gasteiger partial charge is 0.497 e. The van der Waals surface area contributed by atoms with Crippen molar-refractivity contribution in [2.45, 2.75) is 24.8 Å². The lowest BCUT2D eigenvalue weighted by atomic mass is 9.95. The summed E-state index contributed by atoms with van der Waals surface area (Å²) in [5.74, 6) is 0.156. The molecule has 8 heteroatoms. The molecule has 1 amide bonds. The van der Waals surface area contributed by atoms with Crippen LogP contribution in [-0.4, -0.2) is 34.6 Å². The number of rotatable bonds is 6. The number of carbonyl (C=O) groups excluding carboxylic acids is 1. The fraction of sp³-hybridized carbons (Fsp3) is 0.300. The second kappa shape index (κ2) is 7.03. The van der Waals surface area contributed by atoms with Gasteiger partial charge in [0, 0.05) is 6.54 Å².